The number of aromatic nitrogens is 5. The fourth-order valence-corrected chi connectivity index (χ4v) is 4.34. The summed E-state index contributed by atoms with van der Waals surface area (Å²) in [6.07, 6.45) is 7.19. The summed E-state index contributed by atoms with van der Waals surface area (Å²) in [7, 11) is 0. The van der Waals surface area contributed by atoms with Crippen LogP contribution in [0.1, 0.15) is 62.0 Å². The molecular formula is C14H20N6OS. The molecule has 0 amide bonds. The van der Waals surface area contributed by atoms with E-state index in [1.54, 1.807) is 0 Å². The largest absolute Gasteiger partial charge is 0.346 e. The molecule has 118 valence electrons. The number of piperidine rings is 1. The third kappa shape index (κ3) is 2.67. The highest BCUT2D eigenvalue weighted by molar-refractivity contribution is 7.09. The van der Waals surface area contributed by atoms with E-state index in [4.69, 9.17) is 4.98 Å². The van der Waals surface area contributed by atoms with Crippen LogP contribution in [0, 0.1) is 0 Å². The van der Waals surface area contributed by atoms with Gasteiger partial charge in [0.1, 0.15) is 11.6 Å². The Morgan fingerprint density at radius 2 is 1.95 bits per heavy atom. The predicted molar refractivity (Wildman–Crippen MR) is 84.5 cm³/mol. The van der Waals surface area contributed by atoms with E-state index in [9.17, 15) is 4.79 Å². The van der Waals surface area contributed by atoms with Crippen LogP contribution < -0.4 is 10.6 Å². The lowest BCUT2D eigenvalue weighted by Crippen LogP contribution is -2.34. The molecule has 0 spiro atoms. The molecule has 8 heteroatoms. The number of aromatic amines is 2. The maximum Gasteiger partial charge on any atom is 0.340 e. The van der Waals surface area contributed by atoms with Gasteiger partial charge in [-0.25, -0.2) is 14.9 Å². The Bertz CT molecular complexity index is 685. The third-order valence-electron chi connectivity index (χ3n) is 4.75. The first-order valence-corrected chi connectivity index (χ1v) is 8.80. The summed E-state index contributed by atoms with van der Waals surface area (Å²) in [6, 6.07) is 0. The number of nitrogens with one attached hydrogen (secondary N) is 2. The minimum absolute atomic E-state index is 0.230. The van der Waals surface area contributed by atoms with Gasteiger partial charge >= 0.3 is 5.69 Å². The normalized spacial score (nSPS) is 23.3. The summed E-state index contributed by atoms with van der Waals surface area (Å²) in [6.45, 7) is 1.85. The van der Waals surface area contributed by atoms with Gasteiger partial charge in [0.05, 0.1) is 0 Å². The lowest BCUT2D eigenvalue weighted by atomic mass is 9.98. The average Bonchev–Trinajstić information content (AvgIpc) is 3.28. The maximum atomic E-state index is 11.2. The molecule has 0 radical (unpaired) electrons. The standard InChI is InChI=1S/C14H20N6OS/c21-13-15-11(17-18-13)10-6-3-7-20(8-10)14-16-12(19-22-14)9-4-1-2-5-9/h9-10H,1-8H2,(H2,15,17,18,21). The van der Waals surface area contributed by atoms with E-state index in [0.717, 1.165) is 42.7 Å². The van der Waals surface area contributed by atoms with E-state index in [0.29, 0.717) is 5.92 Å². The number of rotatable bonds is 3. The van der Waals surface area contributed by atoms with Gasteiger partial charge in [-0.05, 0) is 25.7 Å². The molecule has 2 aromatic heterocycles. The molecular weight excluding hydrogens is 300 g/mol. The Kier molecular flexibility index (Phi) is 3.69. The van der Waals surface area contributed by atoms with Crippen molar-refractivity contribution in [3.05, 3.63) is 22.1 Å². The van der Waals surface area contributed by atoms with Crippen molar-refractivity contribution < 1.29 is 0 Å². The number of anilines is 1. The maximum absolute atomic E-state index is 11.2. The van der Waals surface area contributed by atoms with Crippen LogP contribution in [-0.4, -0.2) is 37.6 Å². The molecule has 2 aliphatic rings. The number of nitrogens with zero attached hydrogens (tertiary/aromatic N) is 4. The first kappa shape index (κ1) is 13.9. The average molecular weight is 320 g/mol. The quantitative estimate of drug-likeness (QED) is 0.902. The van der Waals surface area contributed by atoms with Crippen molar-refractivity contribution in [3.63, 3.8) is 0 Å². The van der Waals surface area contributed by atoms with E-state index in [1.807, 2.05) is 0 Å². The van der Waals surface area contributed by atoms with Crippen molar-refractivity contribution in [1.82, 2.24) is 24.5 Å². The summed E-state index contributed by atoms with van der Waals surface area (Å²) < 4.78 is 4.58. The SMILES string of the molecule is O=c1[nH]nc(C2CCCN(c3nc(C4CCCC4)ns3)C2)[nH]1. The molecule has 3 heterocycles. The zero-order valence-electron chi connectivity index (χ0n) is 12.4. The Morgan fingerprint density at radius 3 is 2.73 bits per heavy atom. The van der Waals surface area contributed by atoms with Gasteiger partial charge in [-0.2, -0.15) is 9.47 Å². The summed E-state index contributed by atoms with van der Waals surface area (Å²) in [5, 5.41) is 7.56. The van der Waals surface area contributed by atoms with Crippen LogP contribution in [0.15, 0.2) is 4.79 Å². The van der Waals surface area contributed by atoms with E-state index in [2.05, 4.69) is 24.5 Å². The van der Waals surface area contributed by atoms with Gasteiger partial charge in [0.2, 0.25) is 5.13 Å². The Labute approximate surface area is 132 Å². The Morgan fingerprint density at radius 1 is 1.14 bits per heavy atom. The van der Waals surface area contributed by atoms with Crippen LogP contribution in [0.4, 0.5) is 5.13 Å². The second kappa shape index (κ2) is 5.83. The van der Waals surface area contributed by atoms with Crippen LogP contribution in [0.3, 0.4) is 0 Å². The van der Waals surface area contributed by atoms with E-state index < -0.39 is 0 Å². The number of hydrogen-bond acceptors (Lipinski definition) is 6. The molecule has 2 fully saturated rings. The smallest absolute Gasteiger partial charge is 0.340 e. The second-order valence-electron chi connectivity index (χ2n) is 6.26. The van der Waals surface area contributed by atoms with Gasteiger partial charge in [-0.1, -0.05) is 12.8 Å². The summed E-state index contributed by atoms with van der Waals surface area (Å²) in [5.74, 6) is 2.61. The molecule has 7 nitrogen and oxygen atoms in total. The predicted octanol–water partition coefficient (Wildman–Crippen LogP) is 1.99. The molecule has 0 aromatic carbocycles. The molecule has 1 saturated carbocycles. The second-order valence-corrected chi connectivity index (χ2v) is 6.99. The van der Waals surface area contributed by atoms with Gasteiger partial charge < -0.3 is 4.90 Å². The lowest BCUT2D eigenvalue weighted by Gasteiger charge is -2.30. The van der Waals surface area contributed by atoms with Gasteiger partial charge in [0.15, 0.2) is 0 Å². The van der Waals surface area contributed by atoms with Crippen molar-refractivity contribution in [3.8, 4) is 0 Å². The van der Waals surface area contributed by atoms with Gasteiger partial charge in [0.25, 0.3) is 0 Å². The van der Waals surface area contributed by atoms with Crippen LogP contribution in [-0.2, 0) is 0 Å². The van der Waals surface area contributed by atoms with Crippen molar-refractivity contribution in [2.24, 2.45) is 0 Å². The Hall–Kier alpha value is -1.70. The van der Waals surface area contributed by atoms with Crippen LogP contribution in [0.2, 0.25) is 0 Å². The molecule has 2 aromatic rings. The molecule has 1 saturated heterocycles. The van der Waals surface area contributed by atoms with Gasteiger partial charge in [-0.15, -0.1) is 0 Å². The molecule has 0 bridgehead atoms. The van der Waals surface area contributed by atoms with E-state index in [1.165, 1.54) is 37.2 Å². The highest BCUT2D eigenvalue weighted by Gasteiger charge is 2.27. The first-order chi connectivity index (χ1) is 10.8. The molecule has 1 unspecified atom stereocenters. The van der Waals surface area contributed by atoms with Crippen LogP contribution in [0.5, 0.6) is 0 Å². The highest BCUT2D eigenvalue weighted by Crippen LogP contribution is 2.35. The zero-order valence-corrected chi connectivity index (χ0v) is 13.2. The van der Waals surface area contributed by atoms with Crippen molar-refractivity contribution >= 4 is 16.7 Å². The van der Waals surface area contributed by atoms with Crippen molar-refractivity contribution in [2.45, 2.75) is 50.4 Å². The number of H-pyrrole nitrogens is 2. The Balaban J connectivity index is 1.49. The van der Waals surface area contributed by atoms with E-state index in [-0.39, 0.29) is 11.6 Å². The third-order valence-corrected chi connectivity index (χ3v) is 5.54. The fraction of sp³-hybridized carbons (Fsp3) is 0.714. The van der Waals surface area contributed by atoms with Gasteiger partial charge in [0, 0.05) is 36.5 Å². The summed E-state index contributed by atoms with van der Waals surface area (Å²) in [4.78, 5) is 21.1. The minimum Gasteiger partial charge on any atom is -0.346 e. The topological polar surface area (TPSA) is 90.6 Å². The molecule has 22 heavy (non-hydrogen) atoms. The molecule has 1 aliphatic heterocycles. The van der Waals surface area contributed by atoms with Crippen LogP contribution >= 0.6 is 11.5 Å². The summed E-state index contributed by atoms with van der Waals surface area (Å²) >= 11 is 1.51. The van der Waals surface area contributed by atoms with Gasteiger partial charge in [-0.3, -0.25) is 4.98 Å². The highest BCUT2D eigenvalue weighted by atomic mass is 32.1. The zero-order chi connectivity index (χ0) is 14.9. The molecule has 2 N–H and O–H groups in total. The molecule has 4 rings (SSSR count). The lowest BCUT2D eigenvalue weighted by molar-refractivity contribution is 0.491. The minimum atomic E-state index is -0.230. The van der Waals surface area contributed by atoms with E-state index >= 15 is 0 Å². The summed E-state index contributed by atoms with van der Waals surface area (Å²) in [5.41, 5.74) is -0.230. The monoisotopic (exact) mass is 320 g/mol. The first-order valence-electron chi connectivity index (χ1n) is 8.03. The van der Waals surface area contributed by atoms with Crippen molar-refractivity contribution in [1.29, 1.82) is 0 Å². The van der Waals surface area contributed by atoms with Crippen molar-refractivity contribution in [2.75, 3.05) is 18.0 Å². The number of hydrogen-bond donors (Lipinski definition) is 2. The molecule has 1 atom stereocenters. The fourth-order valence-electron chi connectivity index (χ4n) is 3.56. The molecule has 1 aliphatic carbocycles. The van der Waals surface area contributed by atoms with Crippen LogP contribution in [0.25, 0.3) is 0 Å².